The second kappa shape index (κ2) is 5.31. The van der Waals surface area contributed by atoms with Gasteiger partial charge in [-0.3, -0.25) is 4.68 Å². The molecule has 1 aromatic heterocycles. The monoisotopic (exact) mass is 285 g/mol. The molecule has 2 heterocycles. The van der Waals surface area contributed by atoms with E-state index in [9.17, 15) is 0 Å². The molecule has 0 bridgehead atoms. The molecule has 5 nitrogen and oxygen atoms in total. The summed E-state index contributed by atoms with van der Waals surface area (Å²) in [5.41, 5.74) is 10.6. The van der Waals surface area contributed by atoms with Crippen LogP contribution in [-0.4, -0.2) is 29.9 Å². The largest absolute Gasteiger partial charge is 0.394 e. The number of likely N-dealkylation sites (N-methyl/N-ethyl adjacent to an activating group) is 1. The van der Waals surface area contributed by atoms with Crippen molar-refractivity contribution in [1.82, 2.24) is 9.78 Å². The second-order valence-electron chi connectivity index (χ2n) is 5.62. The van der Waals surface area contributed by atoms with E-state index < -0.39 is 0 Å². The molecule has 0 fully saturated rings. The van der Waals surface area contributed by atoms with Crippen molar-refractivity contribution in [2.45, 2.75) is 19.8 Å². The first kappa shape index (κ1) is 13.8. The third-order valence-electron chi connectivity index (χ3n) is 4.11. The van der Waals surface area contributed by atoms with Crippen LogP contribution in [0.2, 0.25) is 0 Å². The van der Waals surface area contributed by atoms with Gasteiger partial charge in [0.2, 0.25) is 0 Å². The summed E-state index contributed by atoms with van der Waals surface area (Å²) >= 11 is 0. The van der Waals surface area contributed by atoms with Crippen LogP contribution in [0.5, 0.6) is 0 Å². The molecule has 0 saturated carbocycles. The molecule has 0 unspecified atom stereocenters. The Bertz CT molecular complexity index is 646. The molecule has 0 aliphatic carbocycles. The van der Waals surface area contributed by atoms with Crippen LogP contribution in [0.3, 0.4) is 0 Å². The van der Waals surface area contributed by atoms with Crippen molar-refractivity contribution in [2.75, 3.05) is 35.7 Å². The van der Waals surface area contributed by atoms with E-state index >= 15 is 0 Å². The fourth-order valence-electron chi connectivity index (χ4n) is 3.05. The maximum atomic E-state index is 6.37. The Morgan fingerprint density at radius 2 is 1.86 bits per heavy atom. The van der Waals surface area contributed by atoms with Crippen molar-refractivity contribution in [1.29, 1.82) is 0 Å². The summed E-state index contributed by atoms with van der Waals surface area (Å²) < 4.78 is 1.92. The lowest BCUT2D eigenvalue weighted by Crippen LogP contribution is -2.37. The number of nitrogens with two attached hydrogens (primary N) is 1. The van der Waals surface area contributed by atoms with Crippen LogP contribution in [0.15, 0.2) is 24.3 Å². The van der Waals surface area contributed by atoms with Crippen LogP contribution in [0.25, 0.3) is 0 Å². The first-order valence-electron chi connectivity index (χ1n) is 7.52. The summed E-state index contributed by atoms with van der Waals surface area (Å²) in [4.78, 5) is 4.57. The highest BCUT2D eigenvalue weighted by Gasteiger charge is 2.26. The quantitative estimate of drug-likeness (QED) is 0.941. The van der Waals surface area contributed by atoms with Crippen LogP contribution in [0, 0.1) is 0 Å². The van der Waals surface area contributed by atoms with Crippen molar-refractivity contribution in [2.24, 2.45) is 7.05 Å². The molecule has 0 atom stereocenters. The Morgan fingerprint density at radius 1 is 1.14 bits per heavy atom. The fraction of sp³-hybridized carbons (Fsp3) is 0.438. The maximum Gasteiger partial charge on any atom is 0.155 e. The second-order valence-corrected chi connectivity index (χ2v) is 5.62. The van der Waals surface area contributed by atoms with Crippen LogP contribution < -0.4 is 15.5 Å². The van der Waals surface area contributed by atoms with E-state index in [1.807, 2.05) is 11.7 Å². The van der Waals surface area contributed by atoms with Gasteiger partial charge in [-0.15, -0.1) is 0 Å². The van der Waals surface area contributed by atoms with Gasteiger partial charge in [0.05, 0.1) is 22.8 Å². The fourth-order valence-corrected chi connectivity index (χ4v) is 3.05. The third-order valence-corrected chi connectivity index (χ3v) is 4.11. The van der Waals surface area contributed by atoms with Crippen LogP contribution >= 0.6 is 0 Å². The first-order chi connectivity index (χ1) is 10.1. The van der Waals surface area contributed by atoms with Gasteiger partial charge in [-0.1, -0.05) is 25.5 Å². The number of fused-ring (bicyclic) bond motifs is 1. The van der Waals surface area contributed by atoms with Crippen molar-refractivity contribution in [3.63, 3.8) is 0 Å². The normalized spacial score (nSPS) is 14.4. The van der Waals surface area contributed by atoms with E-state index in [2.05, 4.69) is 53.1 Å². The van der Waals surface area contributed by atoms with Crippen molar-refractivity contribution >= 4 is 22.9 Å². The van der Waals surface area contributed by atoms with E-state index in [4.69, 9.17) is 5.73 Å². The minimum absolute atomic E-state index is 0.818. The van der Waals surface area contributed by atoms with Gasteiger partial charge in [0.15, 0.2) is 5.82 Å². The zero-order valence-corrected chi connectivity index (χ0v) is 13.0. The number of hydrogen-bond acceptors (Lipinski definition) is 4. The summed E-state index contributed by atoms with van der Waals surface area (Å²) in [6, 6.07) is 8.45. The number of hydrogen-bond donors (Lipinski definition) is 1. The molecule has 0 radical (unpaired) electrons. The van der Waals surface area contributed by atoms with E-state index in [0.29, 0.717) is 0 Å². The van der Waals surface area contributed by atoms with Crippen molar-refractivity contribution < 1.29 is 0 Å². The summed E-state index contributed by atoms with van der Waals surface area (Å²) in [6.07, 6.45) is 1.98. The van der Waals surface area contributed by atoms with Crippen LogP contribution in [0.4, 0.5) is 22.9 Å². The van der Waals surface area contributed by atoms with Gasteiger partial charge >= 0.3 is 0 Å². The lowest BCUT2D eigenvalue weighted by Gasteiger charge is -2.36. The average molecular weight is 285 g/mol. The summed E-state index contributed by atoms with van der Waals surface area (Å²) in [5, 5.41) is 4.60. The summed E-state index contributed by atoms with van der Waals surface area (Å²) in [5.74, 6) is 1.01. The molecule has 2 N–H and O–H groups in total. The first-order valence-corrected chi connectivity index (χ1v) is 7.52. The van der Waals surface area contributed by atoms with Gasteiger partial charge in [-0.25, -0.2) is 0 Å². The van der Waals surface area contributed by atoms with Gasteiger partial charge in [-0.05, 0) is 18.6 Å². The zero-order chi connectivity index (χ0) is 15.0. The molecule has 2 aromatic rings. The Morgan fingerprint density at radius 3 is 2.57 bits per heavy atom. The molecule has 5 heteroatoms. The number of benzene rings is 1. The number of para-hydroxylation sites is 2. The highest BCUT2D eigenvalue weighted by atomic mass is 15.4. The Balaban J connectivity index is 2.08. The molecule has 0 spiro atoms. The molecule has 3 rings (SSSR count). The molecule has 1 aromatic carbocycles. The topological polar surface area (TPSA) is 50.3 Å². The van der Waals surface area contributed by atoms with Crippen molar-refractivity contribution in [3.05, 3.63) is 30.0 Å². The van der Waals surface area contributed by atoms with Crippen LogP contribution in [0.1, 0.15) is 19.0 Å². The Hall–Kier alpha value is -2.17. The van der Waals surface area contributed by atoms with Gasteiger partial charge in [0.25, 0.3) is 0 Å². The van der Waals surface area contributed by atoms with E-state index in [1.165, 1.54) is 11.4 Å². The van der Waals surface area contributed by atoms with Crippen molar-refractivity contribution in [3.8, 4) is 0 Å². The lowest BCUT2D eigenvalue weighted by atomic mass is 10.1. The summed E-state index contributed by atoms with van der Waals surface area (Å²) in [7, 11) is 4.11. The molecule has 21 heavy (non-hydrogen) atoms. The highest BCUT2D eigenvalue weighted by molar-refractivity contribution is 5.82. The van der Waals surface area contributed by atoms with E-state index in [-0.39, 0.29) is 0 Å². The van der Waals surface area contributed by atoms with E-state index in [0.717, 1.165) is 43.1 Å². The number of aromatic nitrogens is 2. The molecule has 112 valence electrons. The smallest absolute Gasteiger partial charge is 0.155 e. The van der Waals surface area contributed by atoms with Gasteiger partial charge in [0, 0.05) is 27.2 Å². The van der Waals surface area contributed by atoms with Crippen LogP contribution in [-0.2, 0) is 13.5 Å². The SMILES string of the molecule is CCCc1nn(C)c(N2CCN(C)c3ccccc32)c1N. The number of anilines is 4. The zero-order valence-electron chi connectivity index (χ0n) is 13.0. The standard InChI is InChI=1S/C16H23N5/c1-4-7-12-15(17)16(20(3)18-12)21-11-10-19(2)13-8-5-6-9-14(13)21/h5-6,8-9H,4,7,10-11,17H2,1-3H3. The van der Waals surface area contributed by atoms with Gasteiger partial charge < -0.3 is 15.5 Å². The predicted molar refractivity (Wildman–Crippen MR) is 88.3 cm³/mol. The molecule has 0 saturated heterocycles. The van der Waals surface area contributed by atoms with E-state index in [1.54, 1.807) is 0 Å². The molecule has 0 amide bonds. The molecule has 1 aliphatic rings. The number of nitrogens with zero attached hydrogens (tertiary/aromatic N) is 4. The minimum Gasteiger partial charge on any atom is -0.394 e. The average Bonchev–Trinajstić information content (AvgIpc) is 2.76. The maximum absolute atomic E-state index is 6.37. The predicted octanol–water partition coefficient (Wildman–Crippen LogP) is 2.54. The third kappa shape index (κ3) is 2.22. The minimum atomic E-state index is 0.818. The summed E-state index contributed by atoms with van der Waals surface area (Å²) in [6.45, 7) is 4.05. The lowest BCUT2D eigenvalue weighted by molar-refractivity contribution is 0.711. The molecular weight excluding hydrogens is 262 g/mol. The number of nitrogen functional groups attached to an aromatic ring is 1. The van der Waals surface area contributed by atoms with Gasteiger partial charge in [-0.2, -0.15) is 5.10 Å². The van der Waals surface area contributed by atoms with Gasteiger partial charge in [0.1, 0.15) is 0 Å². The Kier molecular flexibility index (Phi) is 3.49. The Labute approximate surface area is 126 Å². The molecule has 1 aliphatic heterocycles. The number of rotatable bonds is 3. The number of aryl methyl sites for hydroxylation is 2. The highest BCUT2D eigenvalue weighted by Crippen LogP contribution is 2.39. The molecular formula is C16H23N5.